The number of fused-ring (bicyclic) bond motifs is 1. The lowest BCUT2D eigenvalue weighted by molar-refractivity contribution is -0.169. The predicted octanol–water partition coefficient (Wildman–Crippen LogP) is 2.13. The molecule has 1 aromatic heterocycles. The number of nitrogens with one attached hydrogen (secondary N) is 1. The van der Waals surface area contributed by atoms with Gasteiger partial charge >= 0.3 is 5.69 Å². The summed E-state index contributed by atoms with van der Waals surface area (Å²) in [7, 11) is 0. The minimum Gasteiger partial charge on any atom is -0.375 e. The van der Waals surface area contributed by atoms with Crippen molar-refractivity contribution in [3.8, 4) is 0 Å². The zero-order valence-corrected chi connectivity index (χ0v) is 14.3. The lowest BCUT2D eigenvalue weighted by Gasteiger charge is -2.47. The maximum absolute atomic E-state index is 12.8. The van der Waals surface area contributed by atoms with Crippen LogP contribution in [0.4, 0.5) is 0 Å². The summed E-state index contributed by atoms with van der Waals surface area (Å²) < 4.78 is 7.53. The Morgan fingerprint density at radius 3 is 2.64 bits per heavy atom. The van der Waals surface area contributed by atoms with Crippen LogP contribution in [0.5, 0.6) is 0 Å². The van der Waals surface area contributed by atoms with E-state index < -0.39 is 0 Å². The van der Waals surface area contributed by atoms with Gasteiger partial charge in [-0.3, -0.25) is 9.36 Å². The molecule has 0 atom stereocenters. The molecule has 5 rings (SSSR count). The smallest absolute Gasteiger partial charge is 0.326 e. The molecule has 3 fully saturated rings. The van der Waals surface area contributed by atoms with Crippen LogP contribution in [-0.2, 0) is 11.3 Å². The van der Waals surface area contributed by atoms with E-state index >= 15 is 0 Å². The number of hydrogen-bond donors (Lipinski definition) is 1. The lowest BCUT2D eigenvalue weighted by Crippen LogP contribution is -2.53. The van der Waals surface area contributed by atoms with Gasteiger partial charge in [-0.2, -0.15) is 0 Å². The standard InChI is InChI=1S/C19H23N3O3/c23-17(21-8-5-19(6-9-21)7-10-25-19)14-3-4-16-15(11-14)20-18(24)22(16)12-13-1-2-13/h3-4,11,13H,1-2,5-10,12H2,(H,20,24). The average Bonchev–Trinajstić information content (AvgIpc) is 3.36. The first-order valence-corrected chi connectivity index (χ1v) is 9.29. The highest BCUT2D eigenvalue weighted by atomic mass is 16.5. The van der Waals surface area contributed by atoms with Gasteiger partial charge in [0.2, 0.25) is 0 Å². The molecule has 6 nitrogen and oxygen atoms in total. The van der Waals surface area contributed by atoms with Crippen LogP contribution in [0, 0.1) is 5.92 Å². The SMILES string of the molecule is O=C(c1ccc2c(c1)[nH]c(=O)n2CC1CC1)N1CCC2(CCO2)CC1. The van der Waals surface area contributed by atoms with Crippen LogP contribution in [0.15, 0.2) is 23.0 Å². The number of nitrogens with zero attached hydrogens (tertiary/aromatic N) is 2. The fourth-order valence-electron chi connectivity index (χ4n) is 4.12. The molecular weight excluding hydrogens is 318 g/mol. The Balaban J connectivity index is 1.37. The molecule has 1 amide bonds. The molecule has 1 aromatic carbocycles. The van der Waals surface area contributed by atoms with E-state index in [0.29, 0.717) is 11.5 Å². The molecule has 0 unspecified atom stereocenters. The van der Waals surface area contributed by atoms with Gasteiger partial charge in [-0.15, -0.1) is 0 Å². The molecule has 6 heteroatoms. The van der Waals surface area contributed by atoms with Crippen molar-refractivity contribution >= 4 is 16.9 Å². The third-order valence-electron chi connectivity index (χ3n) is 6.09. The molecule has 3 aliphatic rings. The van der Waals surface area contributed by atoms with Crippen molar-refractivity contribution in [3.63, 3.8) is 0 Å². The van der Waals surface area contributed by atoms with E-state index in [2.05, 4.69) is 4.98 Å². The van der Waals surface area contributed by atoms with Crippen molar-refractivity contribution in [1.29, 1.82) is 0 Å². The molecule has 1 spiro atoms. The monoisotopic (exact) mass is 341 g/mol. The first-order valence-electron chi connectivity index (χ1n) is 9.29. The van der Waals surface area contributed by atoms with Gasteiger partial charge in [0.25, 0.3) is 5.91 Å². The molecule has 2 aromatic rings. The van der Waals surface area contributed by atoms with E-state index in [1.54, 1.807) is 4.57 Å². The zero-order chi connectivity index (χ0) is 17.0. The lowest BCUT2D eigenvalue weighted by atomic mass is 9.84. The van der Waals surface area contributed by atoms with Crippen molar-refractivity contribution in [2.45, 2.75) is 44.2 Å². The molecule has 132 valence electrons. The van der Waals surface area contributed by atoms with Gasteiger partial charge in [-0.05, 0) is 56.2 Å². The van der Waals surface area contributed by atoms with Crippen molar-refractivity contribution in [3.05, 3.63) is 34.2 Å². The minimum atomic E-state index is -0.0754. The molecule has 1 aliphatic carbocycles. The molecule has 1 N–H and O–H groups in total. The first kappa shape index (κ1) is 15.2. The van der Waals surface area contributed by atoms with Crippen LogP contribution in [0.2, 0.25) is 0 Å². The Kier molecular flexibility index (Phi) is 3.32. The summed E-state index contributed by atoms with van der Waals surface area (Å²) in [6.45, 7) is 3.13. The number of imidazole rings is 1. The van der Waals surface area contributed by atoms with Gasteiger partial charge in [0.05, 0.1) is 23.2 Å². The maximum Gasteiger partial charge on any atom is 0.326 e. The third-order valence-corrected chi connectivity index (χ3v) is 6.09. The van der Waals surface area contributed by atoms with E-state index in [1.807, 2.05) is 23.1 Å². The van der Waals surface area contributed by atoms with E-state index in [9.17, 15) is 9.59 Å². The summed E-state index contributed by atoms with van der Waals surface area (Å²) in [4.78, 5) is 29.8. The Morgan fingerprint density at radius 1 is 1.24 bits per heavy atom. The number of carbonyl (C=O) groups is 1. The van der Waals surface area contributed by atoms with E-state index in [4.69, 9.17) is 4.74 Å². The molecule has 3 heterocycles. The van der Waals surface area contributed by atoms with Gasteiger partial charge in [-0.25, -0.2) is 4.79 Å². The minimum absolute atomic E-state index is 0.0476. The fourth-order valence-corrected chi connectivity index (χ4v) is 4.12. The first-order chi connectivity index (χ1) is 12.1. The number of ether oxygens (including phenoxy) is 1. The number of carbonyl (C=O) groups excluding carboxylic acids is 1. The average molecular weight is 341 g/mol. The second-order valence-electron chi connectivity index (χ2n) is 7.79. The van der Waals surface area contributed by atoms with Crippen LogP contribution in [0.1, 0.15) is 42.5 Å². The second kappa shape index (κ2) is 5.46. The van der Waals surface area contributed by atoms with E-state index in [-0.39, 0.29) is 17.2 Å². The van der Waals surface area contributed by atoms with Crippen molar-refractivity contribution in [2.24, 2.45) is 5.92 Å². The Morgan fingerprint density at radius 2 is 2.00 bits per heavy atom. The summed E-state index contributed by atoms with van der Waals surface area (Å²) in [6, 6.07) is 5.58. The highest BCUT2D eigenvalue weighted by Crippen LogP contribution is 2.37. The van der Waals surface area contributed by atoms with Gasteiger partial charge < -0.3 is 14.6 Å². The van der Waals surface area contributed by atoms with Gasteiger partial charge in [0.1, 0.15) is 0 Å². The number of rotatable bonds is 3. The van der Waals surface area contributed by atoms with Crippen LogP contribution in [0.3, 0.4) is 0 Å². The second-order valence-corrected chi connectivity index (χ2v) is 7.79. The highest BCUT2D eigenvalue weighted by Gasteiger charge is 2.42. The Hall–Kier alpha value is -2.08. The van der Waals surface area contributed by atoms with Gasteiger partial charge in [0.15, 0.2) is 0 Å². The number of piperidine rings is 1. The maximum atomic E-state index is 12.8. The fraction of sp³-hybridized carbons (Fsp3) is 0.579. The van der Waals surface area contributed by atoms with Crippen LogP contribution >= 0.6 is 0 Å². The number of likely N-dealkylation sites (tertiary alicyclic amines) is 1. The van der Waals surface area contributed by atoms with Gasteiger partial charge in [0, 0.05) is 25.2 Å². The summed E-state index contributed by atoms with van der Waals surface area (Å²) in [5.41, 5.74) is 2.28. The third kappa shape index (κ3) is 2.59. The highest BCUT2D eigenvalue weighted by molar-refractivity contribution is 5.97. The molecule has 1 saturated carbocycles. The summed E-state index contributed by atoms with van der Waals surface area (Å²) in [6.07, 6.45) is 5.38. The molecule has 0 bridgehead atoms. The number of benzene rings is 1. The predicted molar refractivity (Wildman–Crippen MR) is 93.7 cm³/mol. The van der Waals surface area contributed by atoms with Crippen LogP contribution < -0.4 is 5.69 Å². The number of amides is 1. The number of aromatic amines is 1. The summed E-state index contributed by atoms with van der Waals surface area (Å²) >= 11 is 0. The van der Waals surface area contributed by atoms with Crippen LogP contribution in [0.25, 0.3) is 11.0 Å². The quantitative estimate of drug-likeness (QED) is 0.930. The van der Waals surface area contributed by atoms with Crippen molar-refractivity contribution in [2.75, 3.05) is 19.7 Å². The zero-order valence-electron chi connectivity index (χ0n) is 14.3. The summed E-state index contributed by atoms with van der Waals surface area (Å²) in [5.74, 6) is 0.680. The topological polar surface area (TPSA) is 67.3 Å². The van der Waals surface area contributed by atoms with E-state index in [1.165, 1.54) is 12.8 Å². The van der Waals surface area contributed by atoms with Crippen LogP contribution in [-0.4, -0.2) is 45.7 Å². The number of hydrogen-bond acceptors (Lipinski definition) is 3. The molecular formula is C19H23N3O3. The molecule has 25 heavy (non-hydrogen) atoms. The molecule has 2 aliphatic heterocycles. The number of H-pyrrole nitrogens is 1. The normalized spacial score (nSPS) is 22.3. The Bertz CT molecular complexity index is 879. The molecule has 0 radical (unpaired) electrons. The van der Waals surface area contributed by atoms with Crippen molar-refractivity contribution < 1.29 is 9.53 Å². The molecule has 2 saturated heterocycles. The van der Waals surface area contributed by atoms with Gasteiger partial charge in [-0.1, -0.05) is 0 Å². The van der Waals surface area contributed by atoms with E-state index in [0.717, 1.165) is 56.5 Å². The Labute approximate surface area is 145 Å². The van der Waals surface area contributed by atoms with Crippen molar-refractivity contribution in [1.82, 2.24) is 14.5 Å². The number of aromatic nitrogens is 2. The summed E-state index contributed by atoms with van der Waals surface area (Å²) in [5, 5.41) is 0. The largest absolute Gasteiger partial charge is 0.375 e.